The van der Waals surface area contributed by atoms with Crippen molar-refractivity contribution in [3.05, 3.63) is 0 Å². The molecule has 0 aromatic rings. The van der Waals surface area contributed by atoms with Crippen molar-refractivity contribution in [3.8, 4) is 6.07 Å². The third-order valence-electron chi connectivity index (χ3n) is 2.35. The third kappa shape index (κ3) is 1.27. The Hall–Kier alpha value is -0.220. The fourth-order valence-corrected chi connectivity index (χ4v) is 1.95. The van der Waals surface area contributed by atoms with Gasteiger partial charge in [0.2, 0.25) is 0 Å². The van der Waals surface area contributed by atoms with Crippen LogP contribution in [0.4, 0.5) is 0 Å². The van der Waals surface area contributed by atoms with E-state index in [-0.39, 0.29) is 5.41 Å². The lowest BCUT2D eigenvalue weighted by molar-refractivity contribution is 0.446. The lowest BCUT2D eigenvalue weighted by Gasteiger charge is -2.15. The molecule has 0 spiro atoms. The molecule has 0 amide bonds. The first-order valence-electron chi connectivity index (χ1n) is 3.70. The second-order valence-corrected chi connectivity index (χ2v) is 3.64. The molecule has 56 valence electrons. The molecule has 2 atom stereocenters. The minimum absolute atomic E-state index is 0.180. The number of rotatable bonds is 1. The molecule has 0 saturated heterocycles. The summed E-state index contributed by atoms with van der Waals surface area (Å²) in [6.45, 7) is 2.19. The molecular weight excluding hydrogens is 146 g/mol. The highest BCUT2D eigenvalue weighted by atomic mass is 35.5. The fraction of sp³-hybridized carbons (Fsp3) is 0.875. The minimum Gasteiger partial charge on any atom is -0.198 e. The maximum atomic E-state index is 8.80. The van der Waals surface area contributed by atoms with Gasteiger partial charge in [-0.3, -0.25) is 0 Å². The second kappa shape index (κ2) is 2.80. The summed E-state index contributed by atoms with van der Waals surface area (Å²) in [7, 11) is 0. The molecule has 2 unspecified atom stereocenters. The Labute approximate surface area is 67.0 Å². The van der Waals surface area contributed by atoms with E-state index in [2.05, 4.69) is 13.0 Å². The molecule has 0 N–H and O–H groups in total. The van der Waals surface area contributed by atoms with Crippen molar-refractivity contribution in [1.29, 1.82) is 5.26 Å². The molecule has 1 rings (SSSR count). The minimum atomic E-state index is -0.180. The molecule has 10 heavy (non-hydrogen) atoms. The van der Waals surface area contributed by atoms with Crippen LogP contribution in [0.25, 0.3) is 0 Å². The summed E-state index contributed by atoms with van der Waals surface area (Å²) in [6.07, 6.45) is 3.15. The summed E-state index contributed by atoms with van der Waals surface area (Å²) >= 11 is 5.71. The molecule has 0 aliphatic heterocycles. The molecule has 1 saturated carbocycles. The van der Waals surface area contributed by atoms with Crippen molar-refractivity contribution in [2.24, 2.45) is 11.3 Å². The molecule has 1 nitrogen and oxygen atoms in total. The molecule has 0 bridgehead atoms. The normalized spacial score (nSPS) is 39.5. The van der Waals surface area contributed by atoms with Crippen LogP contribution in [-0.2, 0) is 0 Å². The van der Waals surface area contributed by atoms with Crippen molar-refractivity contribution in [2.75, 3.05) is 5.88 Å². The first-order chi connectivity index (χ1) is 4.72. The molecule has 0 heterocycles. The van der Waals surface area contributed by atoms with Crippen LogP contribution in [-0.4, -0.2) is 5.88 Å². The van der Waals surface area contributed by atoms with Crippen molar-refractivity contribution < 1.29 is 0 Å². The van der Waals surface area contributed by atoms with Crippen LogP contribution in [0.5, 0.6) is 0 Å². The number of nitriles is 1. The van der Waals surface area contributed by atoms with E-state index in [1.807, 2.05) is 0 Å². The summed E-state index contributed by atoms with van der Waals surface area (Å²) in [5, 5.41) is 8.80. The highest BCUT2D eigenvalue weighted by molar-refractivity contribution is 6.18. The van der Waals surface area contributed by atoms with Gasteiger partial charge in [-0.05, 0) is 25.2 Å². The Bertz CT molecular complexity index is 161. The van der Waals surface area contributed by atoms with E-state index < -0.39 is 0 Å². The highest BCUT2D eigenvalue weighted by Crippen LogP contribution is 2.41. The van der Waals surface area contributed by atoms with E-state index in [1.54, 1.807) is 0 Å². The second-order valence-electron chi connectivity index (χ2n) is 3.37. The van der Waals surface area contributed by atoms with Crippen LogP contribution in [0.2, 0.25) is 0 Å². The lowest BCUT2D eigenvalue weighted by Crippen LogP contribution is -2.15. The number of halogens is 1. The topological polar surface area (TPSA) is 23.8 Å². The van der Waals surface area contributed by atoms with Gasteiger partial charge in [0.15, 0.2) is 0 Å². The van der Waals surface area contributed by atoms with Crippen molar-refractivity contribution >= 4 is 11.6 Å². The van der Waals surface area contributed by atoms with Crippen molar-refractivity contribution in [2.45, 2.75) is 26.2 Å². The van der Waals surface area contributed by atoms with E-state index >= 15 is 0 Å². The molecule has 1 aliphatic rings. The van der Waals surface area contributed by atoms with E-state index in [1.165, 1.54) is 6.42 Å². The van der Waals surface area contributed by atoms with Gasteiger partial charge in [-0.1, -0.05) is 6.92 Å². The Kier molecular flexibility index (Phi) is 2.21. The van der Waals surface area contributed by atoms with Gasteiger partial charge in [0.25, 0.3) is 0 Å². The van der Waals surface area contributed by atoms with Crippen LogP contribution >= 0.6 is 11.6 Å². The number of hydrogen-bond acceptors (Lipinski definition) is 1. The van der Waals surface area contributed by atoms with Gasteiger partial charge in [0.05, 0.1) is 11.5 Å². The monoisotopic (exact) mass is 157 g/mol. The summed E-state index contributed by atoms with van der Waals surface area (Å²) in [6, 6.07) is 2.33. The average molecular weight is 158 g/mol. The number of nitrogens with zero attached hydrogens (tertiary/aromatic N) is 1. The van der Waals surface area contributed by atoms with Gasteiger partial charge in [-0.15, -0.1) is 11.6 Å². The smallest absolute Gasteiger partial charge is 0.0711 e. The lowest BCUT2D eigenvalue weighted by atomic mass is 9.90. The molecule has 2 heteroatoms. The van der Waals surface area contributed by atoms with E-state index in [9.17, 15) is 0 Å². The summed E-state index contributed by atoms with van der Waals surface area (Å²) < 4.78 is 0. The Morgan fingerprint density at radius 3 is 2.70 bits per heavy atom. The van der Waals surface area contributed by atoms with Crippen LogP contribution in [0.1, 0.15) is 26.2 Å². The predicted molar refractivity (Wildman–Crippen MR) is 41.8 cm³/mol. The van der Waals surface area contributed by atoms with Crippen LogP contribution in [0.15, 0.2) is 0 Å². The quantitative estimate of drug-likeness (QED) is 0.537. The van der Waals surface area contributed by atoms with E-state index in [4.69, 9.17) is 16.9 Å². The zero-order valence-electron chi connectivity index (χ0n) is 6.23. The van der Waals surface area contributed by atoms with E-state index in [0.29, 0.717) is 11.8 Å². The van der Waals surface area contributed by atoms with Crippen molar-refractivity contribution in [3.63, 3.8) is 0 Å². The van der Waals surface area contributed by atoms with Gasteiger partial charge in [-0.25, -0.2) is 0 Å². The van der Waals surface area contributed by atoms with Gasteiger partial charge >= 0.3 is 0 Å². The average Bonchev–Trinajstić information content (AvgIpc) is 2.33. The molecule has 1 fully saturated rings. The highest BCUT2D eigenvalue weighted by Gasteiger charge is 2.36. The van der Waals surface area contributed by atoms with Crippen LogP contribution in [0, 0.1) is 22.7 Å². The predicted octanol–water partition coefficient (Wildman–Crippen LogP) is 2.56. The Morgan fingerprint density at radius 2 is 2.50 bits per heavy atom. The van der Waals surface area contributed by atoms with Gasteiger partial charge < -0.3 is 0 Å². The van der Waals surface area contributed by atoms with Crippen molar-refractivity contribution in [1.82, 2.24) is 0 Å². The van der Waals surface area contributed by atoms with E-state index in [0.717, 1.165) is 12.8 Å². The third-order valence-corrected chi connectivity index (χ3v) is 2.86. The number of alkyl halides is 1. The van der Waals surface area contributed by atoms with Gasteiger partial charge in [0.1, 0.15) is 0 Å². The maximum Gasteiger partial charge on any atom is 0.0711 e. The molecule has 0 radical (unpaired) electrons. The molecule has 0 aromatic carbocycles. The van der Waals surface area contributed by atoms with Gasteiger partial charge in [-0.2, -0.15) is 5.26 Å². The van der Waals surface area contributed by atoms with Gasteiger partial charge in [0, 0.05) is 5.88 Å². The summed E-state index contributed by atoms with van der Waals surface area (Å²) in [4.78, 5) is 0. The Morgan fingerprint density at radius 1 is 1.80 bits per heavy atom. The zero-order valence-corrected chi connectivity index (χ0v) is 6.99. The molecule has 0 aromatic heterocycles. The zero-order chi connectivity index (χ0) is 7.61. The first kappa shape index (κ1) is 7.88. The first-order valence-corrected chi connectivity index (χ1v) is 4.23. The van der Waals surface area contributed by atoms with Crippen LogP contribution < -0.4 is 0 Å². The summed E-state index contributed by atoms with van der Waals surface area (Å²) in [5.41, 5.74) is -0.180. The summed E-state index contributed by atoms with van der Waals surface area (Å²) in [5.74, 6) is 1.20. The SMILES string of the molecule is CC1CCC(C#N)(CCl)C1. The van der Waals surface area contributed by atoms with Crippen LogP contribution in [0.3, 0.4) is 0 Å². The Balaban J connectivity index is 2.62. The largest absolute Gasteiger partial charge is 0.198 e. The molecule has 1 aliphatic carbocycles. The fourth-order valence-electron chi connectivity index (χ4n) is 1.65. The maximum absolute atomic E-state index is 8.80. The standard InChI is InChI=1S/C8H12ClN/c1-7-2-3-8(4-7,5-9)6-10/h7H,2-5H2,1H3. The molecular formula is C8H12ClN. The number of hydrogen-bond donors (Lipinski definition) is 0.